The average molecular weight is 238 g/mol. The predicted molar refractivity (Wildman–Crippen MR) is 69.8 cm³/mol. The molecule has 2 heteroatoms. The molecule has 2 aliphatic rings. The van der Waals surface area contributed by atoms with Gasteiger partial charge in [-0.1, -0.05) is 43.5 Å². The van der Waals surface area contributed by atoms with E-state index in [1.807, 2.05) is 0 Å². The molecule has 1 aromatic rings. The Balaban J connectivity index is 0.000000963. The number of fused-ring (bicyclic) bond motifs is 1. The van der Waals surface area contributed by atoms with Crippen molar-refractivity contribution >= 4 is 12.4 Å². The van der Waals surface area contributed by atoms with Crippen LogP contribution in [0, 0.1) is 0 Å². The maximum atomic E-state index is 2.68. The van der Waals surface area contributed by atoms with E-state index in [9.17, 15) is 0 Å². The third-order valence-electron chi connectivity index (χ3n) is 3.96. The summed E-state index contributed by atoms with van der Waals surface area (Å²) >= 11 is 0. The fourth-order valence-electron chi connectivity index (χ4n) is 3.06. The lowest BCUT2D eigenvalue weighted by Crippen LogP contribution is -2.32. The summed E-state index contributed by atoms with van der Waals surface area (Å²) in [6.07, 6.45) is 7.19. The molecule has 0 saturated heterocycles. The standard InChI is InChI=1S/C14H19N.ClH/c1-2-8-14(9-3-1)15-10-12-6-4-5-7-13(12)11-15;/h4-7,14H,1-3,8-11H2;1H. The van der Waals surface area contributed by atoms with E-state index in [4.69, 9.17) is 0 Å². The lowest BCUT2D eigenvalue weighted by molar-refractivity contribution is 0.156. The summed E-state index contributed by atoms with van der Waals surface area (Å²) in [4.78, 5) is 2.68. The molecule has 3 rings (SSSR count). The van der Waals surface area contributed by atoms with E-state index in [0.717, 1.165) is 6.04 Å². The van der Waals surface area contributed by atoms with Crippen LogP contribution in [0.4, 0.5) is 0 Å². The van der Waals surface area contributed by atoms with Gasteiger partial charge in [-0.05, 0) is 24.0 Å². The van der Waals surface area contributed by atoms with Gasteiger partial charge in [-0.25, -0.2) is 0 Å². The molecule has 0 amide bonds. The zero-order chi connectivity index (χ0) is 10.1. The van der Waals surface area contributed by atoms with Crippen LogP contribution in [0.15, 0.2) is 24.3 Å². The van der Waals surface area contributed by atoms with Crippen molar-refractivity contribution in [3.8, 4) is 0 Å². The van der Waals surface area contributed by atoms with Gasteiger partial charge in [0.05, 0.1) is 0 Å². The first kappa shape index (κ1) is 11.9. The summed E-state index contributed by atoms with van der Waals surface area (Å²) in [6, 6.07) is 9.79. The summed E-state index contributed by atoms with van der Waals surface area (Å²) in [5, 5.41) is 0. The molecule has 1 aromatic carbocycles. The van der Waals surface area contributed by atoms with Gasteiger partial charge in [-0.2, -0.15) is 0 Å². The van der Waals surface area contributed by atoms with Crippen molar-refractivity contribution in [2.24, 2.45) is 0 Å². The molecule has 0 bridgehead atoms. The van der Waals surface area contributed by atoms with Gasteiger partial charge in [0.2, 0.25) is 0 Å². The highest BCUT2D eigenvalue weighted by Gasteiger charge is 2.26. The van der Waals surface area contributed by atoms with Crippen LogP contribution in [0.25, 0.3) is 0 Å². The zero-order valence-corrected chi connectivity index (χ0v) is 10.5. The first-order chi connectivity index (χ1) is 7.43. The van der Waals surface area contributed by atoms with Crippen molar-refractivity contribution in [3.63, 3.8) is 0 Å². The second-order valence-corrected chi connectivity index (χ2v) is 4.97. The lowest BCUT2D eigenvalue weighted by Gasteiger charge is -2.30. The van der Waals surface area contributed by atoms with E-state index < -0.39 is 0 Å². The van der Waals surface area contributed by atoms with Crippen molar-refractivity contribution in [3.05, 3.63) is 35.4 Å². The van der Waals surface area contributed by atoms with Gasteiger partial charge in [0.25, 0.3) is 0 Å². The molecule has 0 N–H and O–H groups in total. The van der Waals surface area contributed by atoms with E-state index in [1.54, 1.807) is 11.1 Å². The number of hydrogen-bond acceptors (Lipinski definition) is 1. The van der Waals surface area contributed by atoms with Crippen molar-refractivity contribution in [2.75, 3.05) is 0 Å². The molecule has 0 aromatic heterocycles. The summed E-state index contributed by atoms with van der Waals surface area (Å²) in [6.45, 7) is 2.39. The van der Waals surface area contributed by atoms with E-state index >= 15 is 0 Å². The Hall–Kier alpha value is -0.530. The average Bonchev–Trinajstić information content (AvgIpc) is 2.74. The Morgan fingerprint density at radius 2 is 1.44 bits per heavy atom. The van der Waals surface area contributed by atoms with Gasteiger partial charge in [-0.3, -0.25) is 4.90 Å². The third-order valence-corrected chi connectivity index (χ3v) is 3.96. The van der Waals surface area contributed by atoms with Crippen LogP contribution < -0.4 is 0 Å². The monoisotopic (exact) mass is 237 g/mol. The maximum absolute atomic E-state index is 2.68. The van der Waals surface area contributed by atoms with E-state index in [0.29, 0.717) is 0 Å². The number of nitrogens with zero attached hydrogens (tertiary/aromatic N) is 1. The normalized spacial score (nSPS) is 21.5. The van der Waals surface area contributed by atoms with Gasteiger partial charge < -0.3 is 0 Å². The Kier molecular flexibility index (Phi) is 3.88. The van der Waals surface area contributed by atoms with Crippen LogP contribution >= 0.6 is 12.4 Å². The molecular weight excluding hydrogens is 218 g/mol. The van der Waals surface area contributed by atoms with Crippen LogP contribution in [0.3, 0.4) is 0 Å². The quantitative estimate of drug-likeness (QED) is 0.719. The molecule has 1 nitrogen and oxygen atoms in total. The van der Waals surface area contributed by atoms with Crippen LogP contribution in [-0.2, 0) is 13.1 Å². The molecule has 0 radical (unpaired) electrons. The second-order valence-electron chi connectivity index (χ2n) is 4.97. The molecular formula is C14H20ClN. The summed E-state index contributed by atoms with van der Waals surface area (Å²) in [7, 11) is 0. The van der Waals surface area contributed by atoms with Crippen molar-refractivity contribution in [1.82, 2.24) is 4.90 Å². The first-order valence-corrected chi connectivity index (χ1v) is 6.24. The Morgan fingerprint density at radius 1 is 0.875 bits per heavy atom. The van der Waals surface area contributed by atoms with Crippen LogP contribution in [0.2, 0.25) is 0 Å². The maximum Gasteiger partial charge on any atom is 0.0243 e. The fraction of sp³-hybridized carbons (Fsp3) is 0.571. The van der Waals surface area contributed by atoms with Crippen LogP contribution in [0.5, 0.6) is 0 Å². The fourth-order valence-corrected chi connectivity index (χ4v) is 3.06. The largest absolute Gasteiger partial charge is 0.292 e. The van der Waals surface area contributed by atoms with Crippen molar-refractivity contribution in [2.45, 2.75) is 51.2 Å². The van der Waals surface area contributed by atoms with Crippen molar-refractivity contribution in [1.29, 1.82) is 0 Å². The molecule has 1 aliphatic heterocycles. The van der Waals surface area contributed by atoms with Gasteiger partial charge >= 0.3 is 0 Å². The molecule has 88 valence electrons. The Bertz CT molecular complexity index is 319. The third kappa shape index (κ3) is 2.26. The summed E-state index contributed by atoms with van der Waals surface area (Å²) in [5.74, 6) is 0. The van der Waals surface area contributed by atoms with E-state index in [-0.39, 0.29) is 12.4 Å². The number of benzene rings is 1. The van der Waals surface area contributed by atoms with Crippen LogP contribution in [0.1, 0.15) is 43.2 Å². The first-order valence-electron chi connectivity index (χ1n) is 6.24. The highest BCUT2D eigenvalue weighted by molar-refractivity contribution is 5.85. The summed E-state index contributed by atoms with van der Waals surface area (Å²) < 4.78 is 0. The zero-order valence-electron chi connectivity index (χ0n) is 9.69. The van der Waals surface area contributed by atoms with E-state index in [1.165, 1.54) is 45.2 Å². The number of halogens is 1. The molecule has 0 atom stereocenters. The van der Waals surface area contributed by atoms with Gasteiger partial charge in [0.15, 0.2) is 0 Å². The number of hydrogen-bond donors (Lipinski definition) is 0. The smallest absolute Gasteiger partial charge is 0.0243 e. The second kappa shape index (κ2) is 5.20. The van der Waals surface area contributed by atoms with Gasteiger partial charge in [-0.15, -0.1) is 12.4 Å². The molecule has 1 saturated carbocycles. The summed E-state index contributed by atoms with van der Waals surface area (Å²) in [5.41, 5.74) is 3.12. The SMILES string of the molecule is Cl.c1ccc2c(c1)CN(C1CCCCC1)C2. The highest BCUT2D eigenvalue weighted by Crippen LogP contribution is 2.30. The molecule has 1 aliphatic carbocycles. The lowest BCUT2D eigenvalue weighted by atomic mass is 9.94. The topological polar surface area (TPSA) is 3.24 Å². The van der Waals surface area contributed by atoms with Crippen molar-refractivity contribution < 1.29 is 0 Å². The number of rotatable bonds is 1. The molecule has 0 unspecified atom stereocenters. The minimum absolute atomic E-state index is 0. The van der Waals surface area contributed by atoms with Crippen LogP contribution in [-0.4, -0.2) is 10.9 Å². The van der Waals surface area contributed by atoms with Gasteiger partial charge in [0, 0.05) is 19.1 Å². The highest BCUT2D eigenvalue weighted by atomic mass is 35.5. The Labute approximate surface area is 104 Å². The Morgan fingerprint density at radius 3 is 2.00 bits per heavy atom. The van der Waals surface area contributed by atoms with E-state index in [2.05, 4.69) is 29.2 Å². The molecule has 1 fully saturated rings. The minimum atomic E-state index is 0. The molecule has 1 heterocycles. The van der Waals surface area contributed by atoms with Gasteiger partial charge in [0.1, 0.15) is 0 Å². The molecule has 0 spiro atoms. The minimum Gasteiger partial charge on any atom is -0.292 e. The predicted octanol–water partition coefficient (Wildman–Crippen LogP) is 3.76. The molecule has 16 heavy (non-hydrogen) atoms.